The Labute approximate surface area is 183 Å². The van der Waals surface area contributed by atoms with E-state index in [-0.39, 0.29) is 6.10 Å². The molecule has 168 valence electrons. The zero-order valence-electron chi connectivity index (χ0n) is 19.7. The van der Waals surface area contributed by atoms with Gasteiger partial charge in [0.05, 0.1) is 6.10 Å². The van der Waals surface area contributed by atoms with Crippen LogP contribution in [-0.2, 0) is 4.79 Å². The zero-order valence-corrected chi connectivity index (χ0v) is 19.7. The highest BCUT2D eigenvalue weighted by Gasteiger charge is 2.61. The normalized spacial score (nSPS) is 48.0. The number of rotatable bonds is 4. The smallest absolute Gasteiger partial charge is 0.224 e. The first kappa shape index (κ1) is 21.0. The van der Waals surface area contributed by atoms with Gasteiger partial charge >= 0.3 is 0 Å². The summed E-state index contributed by atoms with van der Waals surface area (Å²) in [4.78, 5) is 14.7. The van der Waals surface area contributed by atoms with Gasteiger partial charge in [0.1, 0.15) is 0 Å². The van der Waals surface area contributed by atoms with Crippen LogP contribution in [0.2, 0.25) is 0 Å². The maximum atomic E-state index is 12.4. The van der Waals surface area contributed by atoms with Crippen molar-refractivity contribution in [2.75, 3.05) is 6.54 Å². The van der Waals surface area contributed by atoms with E-state index in [1.807, 2.05) is 0 Å². The van der Waals surface area contributed by atoms with Crippen molar-refractivity contribution < 1.29 is 9.90 Å². The number of amides is 1. The molecule has 1 aliphatic heterocycles. The number of allylic oxidation sites excluding steroid dienone is 1. The van der Waals surface area contributed by atoms with Crippen LogP contribution >= 0.6 is 0 Å². The van der Waals surface area contributed by atoms with Gasteiger partial charge in [0.2, 0.25) is 5.91 Å². The number of nitrogens with zero attached hydrogens (tertiary/aromatic N) is 1. The van der Waals surface area contributed by atoms with Crippen molar-refractivity contribution in [1.29, 1.82) is 0 Å². The topological polar surface area (TPSA) is 40.5 Å². The summed E-state index contributed by atoms with van der Waals surface area (Å²) in [6, 6.07) is 0.512. The Kier molecular flexibility index (Phi) is 5.16. The lowest BCUT2D eigenvalue weighted by Gasteiger charge is -2.59. The summed E-state index contributed by atoms with van der Waals surface area (Å²) >= 11 is 0. The second-order valence-corrected chi connectivity index (χ2v) is 12.4. The van der Waals surface area contributed by atoms with Gasteiger partial charge in [-0.25, -0.2) is 0 Å². The van der Waals surface area contributed by atoms with E-state index in [9.17, 15) is 9.90 Å². The number of hydrogen-bond acceptors (Lipinski definition) is 2. The number of hydrogen-bond donors (Lipinski definition) is 1. The number of fused-ring (bicyclic) bond motifs is 5. The molecule has 0 radical (unpaired) electrons. The molecule has 1 saturated heterocycles. The van der Waals surface area contributed by atoms with Crippen LogP contribution in [0.15, 0.2) is 11.6 Å². The summed E-state index contributed by atoms with van der Waals surface area (Å²) < 4.78 is 0. The van der Waals surface area contributed by atoms with Gasteiger partial charge in [-0.1, -0.05) is 39.3 Å². The van der Waals surface area contributed by atoms with Crippen LogP contribution in [0.4, 0.5) is 0 Å². The molecule has 3 nitrogen and oxygen atoms in total. The SMILES string of the molecule is CC(C)CCN1C(=O)CC1[C@H]1CC[C@H]2[C@@H]3CC=C4C[C@@H](O)CC[C@]4(C)[C@H]3CC[C@]12C. The molecule has 5 aliphatic rings. The first-order chi connectivity index (χ1) is 14.2. The van der Waals surface area contributed by atoms with Gasteiger partial charge in [-0.05, 0) is 98.2 Å². The first-order valence-electron chi connectivity index (χ1n) is 12.9. The number of likely N-dealkylation sites (tertiary alicyclic amines) is 1. The monoisotopic (exact) mass is 413 g/mol. The van der Waals surface area contributed by atoms with Gasteiger partial charge < -0.3 is 10.0 Å². The van der Waals surface area contributed by atoms with E-state index < -0.39 is 0 Å². The molecule has 1 N–H and O–H groups in total. The average Bonchev–Trinajstić information content (AvgIpc) is 3.03. The standard InChI is InChI=1S/C27H43NO2/c1-17(2)11-14-28-24(16-25(28)30)23-8-7-21-20-6-5-18-15-19(29)9-12-26(18,3)22(20)10-13-27(21,23)4/h5,17,19-24,29H,6-16H2,1-4H3/t19-,20-,21-,22-,23+,24?,26-,27-/m0/s1. The number of carbonyl (C=O) groups excluding carboxylic acids is 1. The van der Waals surface area contributed by atoms with Crippen LogP contribution in [0.5, 0.6) is 0 Å². The van der Waals surface area contributed by atoms with Crippen LogP contribution in [-0.4, -0.2) is 34.6 Å². The first-order valence-corrected chi connectivity index (χ1v) is 12.9. The lowest BCUT2D eigenvalue weighted by Crippen LogP contribution is -2.60. The minimum atomic E-state index is -0.112. The molecule has 0 aromatic carbocycles. The maximum Gasteiger partial charge on any atom is 0.224 e. The lowest BCUT2D eigenvalue weighted by atomic mass is 9.47. The molecule has 4 fully saturated rings. The van der Waals surface area contributed by atoms with Crippen LogP contribution < -0.4 is 0 Å². The van der Waals surface area contributed by atoms with Gasteiger partial charge in [-0.3, -0.25) is 4.79 Å². The highest BCUT2D eigenvalue weighted by atomic mass is 16.3. The molecule has 1 heterocycles. The van der Waals surface area contributed by atoms with Crippen molar-refractivity contribution in [2.45, 2.75) is 104 Å². The molecule has 5 rings (SSSR count). The van der Waals surface area contributed by atoms with Crippen molar-refractivity contribution >= 4 is 5.91 Å². The fraction of sp³-hybridized carbons (Fsp3) is 0.889. The fourth-order valence-corrected chi connectivity index (χ4v) is 8.84. The minimum absolute atomic E-state index is 0.112. The molecule has 1 amide bonds. The van der Waals surface area contributed by atoms with Gasteiger partial charge in [0, 0.05) is 19.0 Å². The highest BCUT2D eigenvalue weighted by molar-refractivity contribution is 5.83. The van der Waals surface area contributed by atoms with Crippen LogP contribution in [0.25, 0.3) is 0 Å². The Hall–Kier alpha value is -0.830. The molecule has 0 aromatic rings. The third-order valence-electron chi connectivity index (χ3n) is 10.7. The van der Waals surface area contributed by atoms with Gasteiger partial charge in [-0.2, -0.15) is 0 Å². The number of aliphatic hydroxyl groups excluding tert-OH is 1. The molecule has 8 atom stereocenters. The van der Waals surface area contributed by atoms with E-state index in [1.165, 1.54) is 38.5 Å². The molecule has 0 bridgehead atoms. The van der Waals surface area contributed by atoms with E-state index in [0.717, 1.165) is 50.0 Å². The van der Waals surface area contributed by atoms with Crippen molar-refractivity contribution in [2.24, 2.45) is 40.4 Å². The highest BCUT2D eigenvalue weighted by Crippen LogP contribution is 2.67. The number of aliphatic hydroxyl groups is 1. The van der Waals surface area contributed by atoms with Gasteiger partial charge in [0.15, 0.2) is 0 Å². The largest absolute Gasteiger partial charge is 0.393 e. The lowest BCUT2D eigenvalue weighted by molar-refractivity contribution is -0.154. The van der Waals surface area contributed by atoms with Gasteiger partial charge in [-0.15, -0.1) is 0 Å². The Morgan fingerprint density at radius 1 is 1.07 bits per heavy atom. The van der Waals surface area contributed by atoms with Crippen molar-refractivity contribution in [1.82, 2.24) is 4.90 Å². The third-order valence-corrected chi connectivity index (χ3v) is 10.7. The molecular formula is C27H43NO2. The Balaban J connectivity index is 1.35. The third kappa shape index (κ3) is 3.05. The van der Waals surface area contributed by atoms with Crippen molar-refractivity contribution in [3.63, 3.8) is 0 Å². The summed E-state index contributed by atoms with van der Waals surface area (Å²) in [5, 5.41) is 10.2. The fourth-order valence-electron chi connectivity index (χ4n) is 8.84. The van der Waals surface area contributed by atoms with E-state index in [0.29, 0.717) is 34.6 Å². The Morgan fingerprint density at radius 3 is 2.57 bits per heavy atom. The molecular weight excluding hydrogens is 370 g/mol. The van der Waals surface area contributed by atoms with E-state index in [1.54, 1.807) is 5.57 Å². The predicted octanol–water partition coefficient (Wildman–Crippen LogP) is 5.57. The average molecular weight is 414 g/mol. The molecule has 4 aliphatic carbocycles. The molecule has 3 heteroatoms. The second-order valence-electron chi connectivity index (χ2n) is 12.4. The van der Waals surface area contributed by atoms with E-state index in [4.69, 9.17) is 0 Å². The summed E-state index contributed by atoms with van der Waals surface area (Å²) in [7, 11) is 0. The van der Waals surface area contributed by atoms with Gasteiger partial charge in [0.25, 0.3) is 0 Å². The molecule has 3 saturated carbocycles. The summed E-state index contributed by atoms with van der Waals surface area (Å²) in [6.07, 6.45) is 14.1. The van der Waals surface area contributed by atoms with E-state index in [2.05, 4.69) is 38.7 Å². The molecule has 1 unspecified atom stereocenters. The minimum Gasteiger partial charge on any atom is -0.393 e. The van der Waals surface area contributed by atoms with E-state index >= 15 is 0 Å². The number of carbonyl (C=O) groups is 1. The summed E-state index contributed by atoms with van der Waals surface area (Å²) in [5.74, 6) is 4.23. The Bertz CT molecular complexity index is 728. The molecule has 30 heavy (non-hydrogen) atoms. The maximum absolute atomic E-state index is 12.4. The second kappa shape index (κ2) is 7.36. The predicted molar refractivity (Wildman–Crippen MR) is 121 cm³/mol. The molecule has 0 aromatic heterocycles. The van der Waals surface area contributed by atoms with Crippen LogP contribution in [0.1, 0.15) is 91.9 Å². The van der Waals surface area contributed by atoms with Crippen LogP contribution in [0.3, 0.4) is 0 Å². The van der Waals surface area contributed by atoms with Crippen molar-refractivity contribution in [3.05, 3.63) is 11.6 Å². The van der Waals surface area contributed by atoms with Crippen LogP contribution in [0, 0.1) is 40.4 Å². The van der Waals surface area contributed by atoms with Crippen molar-refractivity contribution in [3.8, 4) is 0 Å². The summed E-state index contributed by atoms with van der Waals surface area (Å²) in [6.45, 7) is 10.6. The zero-order chi connectivity index (χ0) is 21.3. The summed E-state index contributed by atoms with van der Waals surface area (Å²) in [5.41, 5.74) is 2.32. The quantitative estimate of drug-likeness (QED) is 0.483. The molecule has 0 spiro atoms. The number of β-lactam (4-membered cyclic amide) rings is 1. The Morgan fingerprint density at radius 2 is 1.83 bits per heavy atom.